The molecule has 2 aliphatic rings. The maximum atomic E-state index is 14.8. The first kappa shape index (κ1) is 34.3. The van der Waals surface area contributed by atoms with Gasteiger partial charge in [0.2, 0.25) is 5.91 Å². The fourth-order valence-electron chi connectivity index (χ4n) is 5.84. The Hall–Kier alpha value is -2.61. The van der Waals surface area contributed by atoms with Crippen LogP contribution in [0.1, 0.15) is 110 Å². The van der Waals surface area contributed by atoms with Crippen LogP contribution in [0.3, 0.4) is 0 Å². The number of carbonyl (C=O) groups is 2. The molecular weight excluding hydrogens is 595 g/mol. The third-order valence-electron chi connectivity index (χ3n) is 9.47. The van der Waals surface area contributed by atoms with E-state index in [-0.39, 0.29) is 34.7 Å². The van der Waals surface area contributed by atoms with Crippen LogP contribution in [0.15, 0.2) is 35.4 Å². The first-order valence-electron chi connectivity index (χ1n) is 16.0. The number of likely N-dealkylation sites (tertiary alicyclic amines) is 1. The van der Waals surface area contributed by atoms with Crippen molar-refractivity contribution >= 4 is 46.6 Å². The highest BCUT2D eigenvalue weighted by Crippen LogP contribution is 2.43. The van der Waals surface area contributed by atoms with Gasteiger partial charge >= 0.3 is 0 Å². The molecule has 7 nitrogen and oxygen atoms in total. The standard InChI is InChI=1S/C35H48Cl2N4O3/c1-9-15-29(42)38-35(40-18-13-12-14-19-40)31(39-41(32(35)43)30-26(36)20-23(4)21-27(30)37)44-28-17-16-24(33(5,6)10-2)22-25(28)34(7,8)11-3/h16-17,20-22H,9-15,18-19H2,1-8H3,(H,38,42). The number of rotatable bonds is 10. The molecule has 1 fully saturated rings. The fraction of sp³-hybridized carbons (Fsp3) is 0.571. The van der Waals surface area contributed by atoms with Gasteiger partial charge in [0, 0.05) is 25.1 Å². The van der Waals surface area contributed by atoms with Crippen molar-refractivity contribution in [1.82, 2.24) is 10.2 Å². The molecule has 0 spiro atoms. The predicted molar refractivity (Wildman–Crippen MR) is 181 cm³/mol. The lowest BCUT2D eigenvalue weighted by Gasteiger charge is -2.42. The highest BCUT2D eigenvalue weighted by Gasteiger charge is 2.59. The van der Waals surface area contributed by atoms with E-state index in [1.165, 1.54) is 10.6 Å². The molecule has 1 saturated heterocycles. The molecule has 4 rings (SSSR count). The van der Waals surface area contributed by atoms with Crippen LogP contribution in [0.4, 0.5) is 5.69 Å². The molecule has 2 aromatic carbocycles. The maximum absolute atomic E-state index is 14.8. The van der Waals surface area contributed by atoms with Gasteiger partial charge in [-0.3, -0.25) is 14.5 Å². The van der Waals surface area contributed by atoms with Gasteiger partial charge in [-0.1, -0.05) is 90.2 Å². The van der Waals surface area contributed by atoms with E-state index in [1.54, 1.807) is 12.1 Å². The summed E-state index contributed by atoms with van der Waals surface area (Å²) in [5.74, 6) is -0.0169. The Balaban J connectivity index is 1.96. The molecule has 0 bridgehead atoms. The molecule has 1 N–H and O–H groups in total. The van der Waals surface area contributed by atoms with Crippen LogP contribution in [0.5, 0.6) is 5.75 Å². The Bertz CT molecular complexity index is 1410. The van der Waals surface area contributed by atoms with E-state index in [0.29, 0.717) is 35.3 Å². The Kier molecular flexibility index (Phi) is 10.4. The molecule has 0 saturated carbocycles. The van der Waals surface area contributed by atoms with Crippen molar-refractivity contribution in [3.63, 3.8) is 0 Å². The van der Waals surface area contributed by atoms with Crippen LogP contribution in [0.25, 0.3) is 0 Å². The quantitative estimate of drug-likeness (QED) is 0.282. The van der Waals surface area contributed by atoms with Gasteiger partial charge in [0.05, 0.1) is 10.0 Å². The summed E-state index contributed by atoms with van der Waals surface area (Å²) in [6.45, 7) is 18.2. The van der Waals surface area contributed by atoms with Crippen molar-refractivity contribution in [1.29, 1.82) is 0 Å². The van der Waals surface area contributed by atoms with Gasteiger partial charge in [0.15, 0.2) is 0 Å². The minimum absolute atomic E-state index is 0.0284. The molecule has 2 amide bonds. The number of nitrogens with one attached hydrogen (secondary N) is 1. The van der Waals surface area contributed by atoms with E-state index in [2.05, 4.69) is 59.0 Å². The number of halogens is 2. The minimum Gasteiger partial charge on any atom is -0.437 e. The van der Waals surface area contributed by atoms with Crippen molar-refractivity contribution in [3.8, 4) is 5.75 Å². The van der Waals surface area contributed by atoms with Gasteiger partial charge in [-0.15, -0.1) is 5.10 Å². The molecule has 1 unspecified atom stereocenters. The van der Waals surface area contributed by atoms with Crippen LogP contribution >= 0.6 is 23.2 Å². The largest absolute Gasteiger partial charge is 0.437 e. The molecule has 0 aromatic heterocycles. The molecule has 2 heterocycles. The molecule has 9 heteroatoms. The highest BCUT2D eigenvalue weighted by molar-refractivity contribution is 6.41. The summed E-state index contributed by atoms with van der Waals surface area (Å²) in [6.07, 6.45) is 5.55. The molecule has 1 atom stereocenters. The van der Waals surface area contributed by atoms with Crippen LogP contribution in [-0.2, 0) is 20.4 Å². The molecular formula is C35H48Cl2N4O3. The summed E-state index contributed by atoms with van der Waals surface area (Å²) in [7, 11) is 0. The summed E-state index contributed by atoms with van der Waals surface area (Å²) < 4.78 is 6.81. The summed E-state index contributed by atoms with van der Waals surface area (Å²) in [4.78, 5) is 30.2. The molecule has 240 valence electrons. The summed E-state index contributed by atoms with van der Waals surface area (Å²) in [6, 6.07) is 9.80. The monoisotopic (exact) mass is 642 g/mol. The third kappa shape index (κ3) is 6.52. The van der Waals surface area contributed by atoms with Crippen molar-refractivity contribution in [2.45, 2.75) is 117 Å². The van der Waals surface area contributed by atoms with Gasteiger partial charge in [-0.2, -0.15) is 5.01 Å². The zero-order chi connectivity index (χ0) is 32.4. The lowest BCUT2D eigenvalue weighted by molar-refractivity contribution is -0.135. The Morgan fingerprint density at radius 2 is 1.59 bits per heavy atom. The Morgan fingerprint density at radius 3 is 2.16 bits per heavy atom. The first-order valence-corrected chi connectivity index (χ1v) is 16.8. The number of hydrogen-bond donors (Lipinski definition) is 1. The number of carbonyl (C=O) groups excluding carboxylic acids is 2. The topological polar surface area (TPSA) is 74.2 Å². The van der Waals surface area contributed by atoms with E-state index in [9.17, 15) is 9.59 Å². The van der Waals surface area contributed by atoms with Crippen molar-refractivity contribution in [2.24, 2.45) is 5.10 Å². The van der Waals surface area contributed by atoms with Crippen LogP contribution in [0, 0.1) is 6.92 Å². The number of hydrogen-bond acceptors (Lipinski definition) is 5. The van der Waals surface area contributed by atoms with Crippen LogP contribution < -0.4 is 15.1 Å². The molecule has 44 heavy (non-hydrogen) atoms. The van der Waals surface area contributed by atoms with E-state index < -0.39 is 11.6 Å². The zero-order valence-corrected chi connectivity index (χ0v) is 29.1. The average molecular weight is 644 g/mol. The van der Waals surface area contributed by atoms with E-state index in [4.69, 9.17) is 33.0 Å². The van der Waals surface area contributed by atoms with Gasteiger partial charge in [-0.05, 0) is 79.2 Å². The number of aryl methyl sites for hydroxylation is 1. The lowest BCUT2D eigenvalue weighted by Crippen LogP contribution is -2.71. The fourth-order valence-corrected chi connectivity index (χ4v) is 6.59. The Labute approximate surface area is 273 Å². The van der Waals surface area contributed by atoms with E-state index in [0.717, 1.165) is 43.2 Å². The Morgan fingerprint density at radius 1 is 0.977 bits per heavy atom. The maximum Gasteiger partial charge on any atom is 0.298 e. The predicted octanol–water partition coefficient (Wildman–Crippen LogP) is 8.51. The number of hydrazone groups is 1. The van der Waals surface area contributed by atoms with E-state index >= 15 is 0 Å². The van der Waals surface area contributed by atoms with Crippen molar-refractivity contribution in [2.75, 3.05) is 18.1 Å². The number of piperidine rings is 1. The first-order chi connectivity index (χ1) is 20.7. The number of anilines is 1. The van der Waals surface area contributed by atoms with Crippen molar-refractivity contribution in [3.05, 3.63) is 57.1 Å². The van der Waals surface area contributed by atoms with Gasteiger partial charge in [0.25, 0.3) is 17.5 Å². The highest BCUT2D eigenvalue weighted by atomic mass is 35.5. The number of amides is 2. The number of ether oxygens (including phenoxy) is 1. The number of benzene rings is 2. The minimum atomic E-state index is -1.65. The lowest BCUT2D eigenvalue weighted by atomic mass is 9.76. The second-order valence-electron chi connectivity index (χ2n) is 13.4. The van der Waals surface area contributed by atoms with Crippen molar-refractivity contribution < 1.29 is 14.3 Å². The van der Waals surface area contributed by atoms with Gasteiger partial charge in [0.1, 0.15) is 11.4 Å². The smallest absolute Gasteiger partial charge is 0.298 e. The number of nitrogens with zero attached hydrogens (tertiary/aromatic N) is 3. The average Bonchev–Trinajstić information content (AvgIpc) is 3.24. The summed E-state index contributed by atoms with van der Waals surface area (Å²) >= 11 is 13.4. The summed E-state index contributed by atoms with van der Waals surface area (Å²) in [5, 5.41) is 9.73. The molecule has 0 radical (unpaired) electrons. The molecule has 2 aromatic rings. The second-order valence-corrected chi connectivity index (χ2v) is 14.3. The zero-order valence-electron chi connectivity index (χ0n) is 27.6. The molecule has 0 aliphatic carbocycles. The second kappa shape index (κ2) is 13.4. The van der Waals surface area contributed by atoms with Crippen LogP contribution in [-0.4, -0.2) is 41.4 Å². The van der Waals surface area contributed by atoms with Crippen LogP contribution in [0.2, 0.25) is 10.0 Å². The third-order valence-corrected chi connectivity index (χ3v) is 10.0. The SMILES string of the molecule is CCCC(=O)NC1(N2CCCCC2)C(=O)N(c2c(Cl)cc(C)cc2Cl)N=C1Oc1ccc(C(C)(C)CC)cc1C(C)(C)CC. The van der Waals surface area contributed by atoms with Gasteiger partial charge < -0.3 is 10.1 Å². The molecule has 2 aliphatic heterocycles. The summed E-state index contributed by atoms with van der Waals surface area (Å²) in [5.41, 5.74) is 1.44. The van der Waals surface area contributed by atoms with Gasteiger partial charge in [-0.25, -0.2) is 0 Å². The van der Waals surface area contributed by atoms with E-state index in [1.807, 2.05) is 24.8 Å². The normalized spacial score (nSPS) is 19.7.